The first kappa shape index (κ1) is 14.3. The fourth-order valence-corrected chi connectivity index (χ4v) is 3.43. The zero-order chi connectivity index (χ0) is 15.8. The molecule has 0 saturated carbocycles. The summed E-state index contributed by atoms with van der Waals surface area (Å²) in [5.41, 5.74) is 3.04. The average molecular weight is 347 g/mol. The molecule has 5 nitrogen and oxygen atoms in total. The van der Waals surface area contributed by atoms with E-state index < -0.39 is 6.10 Å². The molecule has 1 amide bonds. The quantitative estimate of drug-likeness (QED) is 0.768. The van der Waals surface area contributed by atoms with E-state index in [1.807, 2.05) is 18.2 Å². The van der Waals surface area contributed by atoms with Gasteiger partial charge in [0.25, 0.3) is 5.91 Å². The number of para-hydroxylation sites is 2. The molecular formula is C16H11ClN2O3S. The number of anilines is 1. The van der Waals surface area contributed by atoms with Crippen molar-refractivity contribution in [1.29, 1.82) is 0 Å². The number of amides is 1. The summed E-state index contributed by atoms with van der Waals surface area (Å²) in [5.74, 6) is 0.947. The Morgan fingerprint density at radius 3 is 2.96 bits per heavy atom. The highest BCUT2D eigenvalue weighted by Crippen LogP contribution is 2.33. The van der Waals surface area contributed by atoms with Gasteiger partial charge in [0.15, 0.2) is 11.5 Å². The highest BCUT2D eigenvalue weighted by atomic mass is 35.5. The Morgan fingerprint density at radius 2 is 2.09 bits per heavy atom. The second-order valence-corrected chi connectivity index (χ2v) is 6.24. The monoisotopic (exact) mass is 346 g/mol. The van der Waals surface area contributed by atoms with Crippen molar-refractivity contribution in [2.75, 3.05) is 11.9 Å². The van der Waals surface area contributed by atoms with Crippen molar-refractivity contribution >= 4 is 44.7 Å². The van der Waals surface area contributed by atoms with Gasteiger partial charge in [-0.05, 0) is 24.3 Å². The van der Waals surface area contributed by atoms with Crippen molar-refractivity contribution in [2.45, 2.75) is 6.10 Å². The third-order valence-corrected chi connectivity index (χ3v) is 4.66. The summed E-state index contributed by atoms with van der Waals surface area (Å²) in [6.07, 6.45) is -0.705. The third kappa shape index (κ3) is 2.60. The summed E-state index contributed by atoms with van der Waals surface area (Å²) < 4.78 is 12.1. The SMILES string of the molecule is O=C(Nc1ccc(Cl)c2ncsc12)[C@@H]1COc2ccccc2O1. The van der Waals surface area contributed by atoms with Gasteiger partial charge < -0.3 is 14.8 Å². The zero-order valence-corrected chi connectivity index (χ0v) is 13.4. The van der Waals surface area contributed by atoms with E-state index in [9.17, 15) is 4.79 Å². The molecule has 4 rings (SSSR count). The van der Waals surface area contributed by atoms with Crippen LogP contribution in [-0.2, 0) is 4.79 Å². The van der Waals surface area contributed by atoms with E-state index in [1.165, 1.54) is 11.3 Å². The Balaban J connectivity index is 1.56. The van der Waals surface area contributed by atoms with E-state index in [0.717, 1.165) is 4.70 Å². The van der Waals surface area contributed by atoms with Crippen LogP contribution in [0.25, 0.3) is 10.2 Å². The van der Waals surface area contributed by atoms with E-state index in [1.54, 1.807) is 23.7 Å². The predicted octanol–water partition coefficient (Wildman–Crippen LogP) is 3.73. The maximum Gasteiger partial charge on any atom is 0.269 e. The molecule has 3 aromatic rings. The summed E-state index contributed by atoms with van der Waals surface area (Å²) in [7, 11) is 0. The molecule has 1 atom stereocenters. The number of aromatic nitrogens is 1. The Kier molecular flexibility index (Phi) is 3.55. The molecule has 0 aliphatic carbocycles. The van der Waals surface area contributed by atoms with Gasteiger partial charge in [-0.15, -0.1) is 11.3 Å². The Labute approximate surface area is 140 Å². The molecule has 0 bridgehead atoms. The van der Waals surface area contributed by atoms with Gasteiger partial charge in [0.2, 0.25) is 6.10 Å². The number of carbonyl (C=O) groups excluding carboxylic acids is 1. The molecule has 0 saturated heterocycles. The fourth-order valence-electron chi connectivity index (χ4n) is 2.38. The summed E-state index contributed by atoms with van der Waals surface area (Å²) >= 11 is 7.52. The maximum absolute atomic E-state index is 12.5. The lowest BCUT2D eigenvalue weighted by Gasteiger charge is -2.25. The predicted molar refractivity (Wildman–Crippen MR) is 89.6 cm³/mol. The van der Waals surface area contributed by atoms with E-state index in [4.69, 9.17) is 21.1 Å². The van der Waals surface area contributed by atoms with Crippen molar-refractivity contribution in [3.05, 3.63) is 46.9 Å². The van der Waals surface area contributed by atoms with Crippen LogP contribution >= 0.6 is 22.9 Å². The van der Waals surface area contributed by atoms with Crippen LogP contribution in [0.15, 0.2) is 41.9 Å². The van der Waals surface area contributed by atoms with Crippen LogP contribution in [0.2, 0.25) is 5.02 Å². The van der Waals surface area contributed by atoms with Gasteiger partial charge in [-0.3, -0.25) is 4.79 Å². The number of ether oxygens (including phenoxy) is 2. The first-order valence-electron chi connectivity index (χ1n) is 6.93. The number of nitrogens with one attached hydrogen (secondary N) is 1. The zero-order valence-electron chi connectivity index (χ0n) is 11.8. The number of fused-ring (bicyclic) bond motifs is 2. The summed E-state index contributed by atoms with van der Waals surface area (Å²) in [4.78, 5) is 16.7. The van der Waals surface area contributed by atoms with E-state index in [0.29, 0.717) is 27.7 Å². The first-order chi connectivity index (χ1) is 11.2. The van der Waals surface area contributed by atoms with Crippen LogP contribution in [-0.4, -0.2) is 23.6 Å². The largest absolute Gasteiger partial charge is 0.485 e. The van der Waals surface area contributed by atoms with Gasteiger partial charge in [0.05, 0.1) is 20.9 Å². The number of halogens is 1. The van der Waals surface area contributed by atoms with Crippen LogP contribution in [0.1, 0.15) is 0 Å². The lowest BCUT2D eigenvalue weighted by Crippen LogP contribution is -2.40. The molecule has 0 spiro atoms. The molecule has 1 aromatic heterocycles. The van der Waals surface area contributed by atoms with Crippen molar-refractivity contribution in [1.82, 2.24) is 4.98 Å². The normalized spacial score (nSPS) is 16.3. The number of hydrogen-bond acceptors (Lipinski definition) is 5. The Bertz CT molecular complexity index is 896. The smallest absolute Gasteiger partial charge is 0.269 e. The minimum absolute atomic E-state index is 0.169. The highest BCUT2D eigenvalue weighted by Gasteiger charge is 2.27. The van der Waals surface area contributed by atoms with Crippen LogP contribution < -0.4 is 14.8 Å². The third-order valence-electron chi connectivity index (χ3n) is 3.49. The van der Waals surface area contributed by atoms with Crippen molar-refractivity contribution in [2.24, 2.45) is 0 Å². The maximum atomic E-state index is 12.5. The minimum atomic E-state index is -0.705. The molecule has 1 aliphatic heterocycles. The van der Waals surface area contributed by atoms with Gasteiger partial charge in [-0.2, -0.15) is 0 Å². The van der Waals surface area contributed by atoms with Crippen LogP contribution in [0.3, 0.4) is 0 Å². The minimum Gasteiger partial charge on any atom is -0.485 e. The number of nitrogens with zero attached hydrogens (tertiary/aromatic N) is 1. The topological polar surface area (TPSA) is 60.5 Å². The number of thiazole rings is 1. The average Bonchev–Trinajstić information content (AvgIpc) is 3.08. The molecule has 2 heterocycles. The standard InChI is InChI=1S/C16H11ClN2O3S/c17-9-5-6-10(15-14(9)18-8-23-15)19-16(20)13-7-21-11-3-1-2-4-12(11)22-13/h1-6,8,13H,7H2,(H,19,20)/t13-/m0/s1. The van der Waals surface area contributed by atoms with Crippen molar-refractivity contribution < 1.29 is 14.3 Å². The van der Waals surface area contributed by atoms with Gasteiger partial charge in [-0.1, -0.05) is 23.7 Å². The lowest BCUT2D eigenvalue weighted by molar-refractivity contribution is -0.125. The van der Waals surface area contributed by atoms with E-state index in [2.05, 4.69) is 10.3 Å². The number of benzene rings is 2. The molecule has 1 aliphatic rings. The molecule has 1 N–H and O–H groups in total. The molecule has 0 unspecified atom stereocenters. The summed E-state index contributed by atoms with van der Waals surface area (Å²) in [6.45, 7) is 0.169. The van der Waals surface area contributed by atoms with Gasteiger partial charge >= 0.3 is 0 Å². The second kappa shape index (κ2) is 5.72. The van der Waals surface area contributed by atoms with Crippen LogP contribution in [0.5, 0.6) is 11.5 Å². The molecular weight excluding hydrogens is 336 g/mol. The van der Waals surface area contributed by atoms with Crippen LogP contribution in [0.4, 0.5) is 5.69 Å². The van der Waals surface area contributed by atoms with Gasteiger partial charge in [0, 0.05) is 0 Å². The number of carbonyl (C=O) groups is 1. The van der Waals surface area contributed by atoms with E-state index in [-0.39, 0.29) is 12.5 Å². The van der Waals surface area contributed by atoms with Gasteiger partial charge in [-0.25, -0.2) is 4.98 Å². The highest BCUT2D eigenvalue weighted by molar-refractivity contribution is 7.17. The Hall–Kier alpha value is -2.31. The molecule has 7 heteroatoms. The van der Waals surface area contributed by atoms with Crippen LogP contribution in [0, 0.1) is 0 Å². The van der Waals surface area contributed by atoms with Crippen molar-refractivity contribution in [3.8, 4) is 11.5 Å². The number of rotatable bonds is 2. The molecule has 0 radical (unpaired) electrons. The molecule has 0 fully saturated rings. The second-order valence-electron chi connectivity index (χ2n) is 4.98. The Morgan fingerprint density at radius 1 is 1.26 bits per heavy atom. The lowest BCUT2D eigenvalue weighted by atomic mass is 10.2. The molecule has 116 valence electrons. The first-order valence-corrected chi connectivity index (χ1v) is 8.19. The van der Waals surface area contributed by atoms with Crippen molar-refractivity contribution in [3.63, 3.8) is 0 Å². The number of hydrogen-bond donors (Lipinski definition) is 1. The summed E-state index contributed by atoms with van der Waals surface area (Å²) in [6, 6.07) is 10.8. The van der Waals surface area contributed by atoms with Gasteiger partial charge in [0.1, 0.15) is 12.1 Å². The molecule has 23 heavy (non-hydrogen) atoms. The summed E-state index contributed by atoms with van der Waals surface area (Å²) in [5, 5.41) is 3.43. The van der Waals surface area contributed by atoms with E-state index >= 15 is 0 Å². The molecule has 2 aromatic carbocycles. The fraction of sp³-hybridized carbons (Fsp3) is 0.125.